The van der Waals surface area contributed by atoms with Gasteiger partial charge in [0.15, 0.2) is 0 Å². The third-order valence-electron chi connectivity index (χ3n) is 3.86. The number of carbonyl (C=O) groups excluding carboxylic acids is 1. The van der Waals surface area contributed by atoms with Crippen LogP contribution in [0.25, 0.3) is 0 Å². The van der Waals surface area contributed by atoms with E-state index in [4.69, 9.17) is 5.11 Å². The highest BCUT2D eigenvalue weighted by atomic mass is 19.4. The summed E-state index contributed by atoms with van der Waals surface area (Å²) in [5.74, 6) is -2.46. The zero-order valence-electron chi connectivity index (χ0n) is 14.4. The van der Waals surface area contributed by atoms with Crippen molar-refractivity contribution < 1.29 is 32.6 Å². The average Bonchev–Trinajstić information content (AvgIpc) is 2.59. The Morgan fingerprint density at radius 1 is 1.15 bits per heavy atom. The number of carboxylic acids is 1. The molecule has 0 aromatic heterocycles. The molecule has 2 N–H and O–H groups in total. The molecular weight excluding hydrogens is 363 g/mol. The van der Waals surface area contributed by atoms with Crippen LogP contribution in [0.15, 0.2) is 48.5 Å². The van der Waals surface area contributed by atoms with Gasteiger partial charge in [-0.1, -0.05) is 30.3 Å². The molecule has 0 fully saturated rings. The lowest BCUT2D eigenvalue weighted by atomic mass is 10.0. The lowest BCUT2D eigenvalue weighted by Crippen LogP contribution is -2.18. The maximum absolute atomic E-state index is 12.4. The standard InChI is InChI=1S/C19H18F3NO4/c1-12(18(25)26)14-6-4-7-15(11-14)23-17(24)10-9-13-5-2-3-8-16(13)27-19(20,21)22/h2-8,11-12H,9-10H2,1H3,(H,23,24)(H,25,26). The number of alkyl halides is 3. The van der Waals surface area contributed by atoms with Crippen molar-refractivity contribution in [3.05, 3.63) is 59.7 Å². The Hall–Kier alpha value is -3.03. The zero-order valence-corrected chi connectivity index (χ0v) is 14.4. The molecule has 2 rings (SSSR count). The van der Waals surface area contributed by atoms with Gasteiger partial charge in [0.05, 0.1) is 5.92 Å². The first-order chi connectivity index (χ1) is 12.7. The number of aliphatic carboxylic acids is 1. The van der Waals surface area contributed by atoms with Crippen LogP contribution >= 0.6 is 0 Å². The molecule has 0 spiro atoms. The Bertz CT molecular complexity index is 821. The van der Waals surface area contributed by atoms with Crippen LogP contribution in [0.1, 0.15) is 30.4 Å². The largest absolute Gasteiger partial charge is 0.573 e. The van der Waals surface area contributed by atoms with E-state index in [0.717, 1.165) is 0 Å². The number of carboxylic acid groups (broad SMARTS) is 1. The molecule has 0 aliphatic rings. The van der Waals surface area contributed by atoms with E-state index < -0.39 is 24.2 Å². The van der Waals surface area contributed by atoms with E-state index in [1.165, 1.54) is 25.1 Å². The van der Waals surface area contributed by atoms with E-state index >= 15 is 0 Å². The van der Waals surface area contributed by atoms with Crippen molar-refractivity contribution in [1.82, 2.24) is 0 Å². The molecular formula is C19H18F3NO4. The van der Waals surface area contributed by atoms with Crippen LogP contribution in [-0.2, 0) is 16.0 Å². The second-order valence-corrected chi connectivity index (χ2v) is 5.89. The number of anilines is 1. The Labute approximate surface area is 153 Å². The van der Waals surface area contributed by atoms with Crippen molar-refractivity contribution >= 4 is 17.6 Å². The Balaban J connectivity index is 2.00. The fourth-order valence-electron chi connectivity index (χ4n) is 2.43. The first-order valence-corrected chi connectivity index (χ1v) is 8.12. The highest BCUT2D eigenvalue weighted by Gasteiger charge is 2.31. The van der Waals surface area contributed by atoms with Gasteiger partial charge >= 0.3 is 12.3 Å². The lowest BCUT2D eigenvalue weighted by molar-refractivity contribution is -0.274. The first-order valence-electron chi connectivity index (χ1n) is 8.12. The number of amides is 1. The van der Waals surface area contributed by atoms with Crippen LogP contribution < -0.4 is 10.1 Å². The van der Waals surface area contributed by atoms with Gasteiger partial charge in [0.2, 0.25) is 5.91 Å². The summed E-state index contributed by atoms with van der Waals surface area (Å²) in [4.78, 5) is 23.2. The number of para-hydroxylation sites is 1. The smallest absolute Gasteiger partial charge is 0.481 e. The predicted molar refractivity (Wildman–Crippen MR) is 92.6 cm³/mol. The molecule has 2 aromatic carbocycles. The van der Waals surface area contributed by atoms with Crippen LogP contribution in [-0.4, -0.2) is 23.3 Å². The molecule has 1 unspecified atom stereocenters. The summed E-state index contributed by atoms with van der Waals surface area (Å²) in [6.45, 7) is 1.53. The molecule has 0 saturated carbocycles. The molecule has 1 atom stereocenters. The molecule has 144 valence electrons. The third kappa shape index (κ3) is 6.32. The monoisotopic (exact) mass is 381 g/mol. The molecule has 1 amide bonds. The fraction of sp³-hybridized carbons (Fsp3) is 0.263. The highest BCUT2D eigenvalue weighted by molar-refractivity contribution is 5.91. The molecule has 0 heterocycles. The maximum atomic E-state index is 12.4. The van der Waals surface area contributed by atoms with E-state index in [1.54, 1.807) is 30.3 Å². The third-order valence-corrected chi connectivity index (χ3v) is 3.86. The van der Waals surface area contributed by atoms with Gasteiger partial charge in [-0.3, -0.25) is 9.59 Å². The second kappa shape index (κ2) is 8.57. The zero-order chi connectivity index (χ0) is 20.0. The minimum atomic E-state index is -4.81. The molecule has 0 aliphatic carbocycles. The molecule has 0 radical (unpaired) electrons. The van der Waals surface area contributed by atoms with E-state index in [-0.39, 0.29) is 24.2 Å². The number of aryl methyl sites for hydroxylation is 1. The van der Waals surface area contributed by atoms with Crippen molar-refractivity contribution in [2.45, 2.75) is 32.0 Å². The number of carbonyl (C=O) groups is 2. The maximum Gasteiger partial charge on any atom is 0.573 e. The molecule has 0 bridgehead atoms. The summed E-state index contributed by atoms with van der Waals surface area (Å²) >= 11 is 0. The fourth-order valence-corrected chi connectivity index (χ4v) is 2.43. The van der Waals surface area contributed by atoms with Gasteiger partial charge in [-0.25, -0.2) is 0 Å². The second-order valence-electron chi connectivity index (χ2n) is 5.89. The predicted octanol–water partition coefficient (Wildman–Crippen LogP) is 4.34. The van der Waals surface area contributed by atoms with Crippen molar-refractivity contribution in [3.63, 3.8) is 0 Å². The topological polar surface area (TPSA) is 75.6 Å². The number of halogens is 3. The van der Waals surface area contributed by atoms with Gasteiger partial charge < -0.3 is 15.2 Å². The Morgan fingerprint density at radius 3 is 2.52 bits per heavy atom. The molecule has 8 heteroatoms. The van der Waals surface area contributed by atoms with Gasteiger partial charge in [-0.05, 0) is 42.7 Å². The van der Waals surface area contributed by atoms with Crippen LogP contribution in [0.5, 0.6) is 5.75 Å². The minimum absolute atomic E-state index is 0.0586. The Morgan fingerprint density at radius 2 is 1.85 bits per heavy atom. The number of rotatable bonds is 7. The molecule has 2 aromatic rings. The van der Waals surface area contributed by atoms with E-state index in [2.05, 4.69) is 10.1 Å². The number of ether oxygens (including phenoxy) is 1. The Kier molecular flexibility index (Phi) is 6.44. The molecule has 0 aliphatic heterocycles. The number of hydrogen-bond acceptors (Lipinski definition) is 3. The van der Waals surface area contributed by atoms with Crippen molar-refractivity contribution in [1.29, 1.82) is 0 Å². The van der Waals surface area contributed by atoms with Crippen molar-refractivity contribution in [3.8, 4) is 5.75 Å². The van der Waals surface area contributed by atoms with Gasteiger partial charge in [0.25, 0.3) is 0 Å². The van der Waals surface area contributed by atoms with E-state index in [1.807, 2.05) is 0 Å². The SMILES string of the molecule is CC(C(=O)O)c1cccc(NC(=O)CCc2ccccc2OC(F)(F)F)c1. The lowest BCUT2D eigenvalue weighted by Gasteiger charge is -2.13. The number of nitrogens with one attached hydrogen (secondary N) is 1. The summed E-state index contributed by atoms with van der Waals surface area (Å²) in [5, 5.41) is 11.7. The molecule has 5 nitrogen and oxygen atoms in total. The van der Waals surface area contributed by atoms with Gasteiger partial charge in [0.1, 0.15) is 5.75 Å². The number of benzene rings is 2. The number of hydrogen-bond donors (Lipinski definition) is 2. The normalized spacial score (nSPS) is 12.3. The first kappa shape index (κ1) is 20.3. The van der Waals surface area contributed by atoms with Crippen molar-refractivity contribution in [2.24, 2.45) is 0 Å². The summed E-state index contributed by atoms with van der Waals surface area (Å²) in [5.41, 5.74) is 1.22. The summed E-state index contributed by atoms with van der Waals surface area (Å²) < 4.78 is 41.2. The van der Waals surface area contributed by atoms with Gasteiger partial charge in [-0.2, -0.15) is 0 Å². The van der Waals surface area contributed by atoms with Crippen LogP contribution in [0, 0.1) is 0 Å². The molecule has 0 saturated heterocycles. The van der Waals surface area contributed by atoms with Crippen LogP contribution in [0.4, 0.5) is 18.9 Å². The van der Waals surface area contributed by atoms with Gasteiger partial charge in [-0.15, -0.1) is 13.2 Å². The van der Waals surface area contributed by atoms with Crippen LogP contribution in [0.2, 0.25) is 0 Å². The molecule has 27 heavy (non-hydrogen) atoms. The quantitative estimate of drug-likeness (QED) is 0.748. The summed E-state index contributed by atoms with van der Waals surface area (Å²) in [6, 6.07) is 12.1. The summed E-state index contributed by atoms with van der Waals surface area (Å²) in [7, 11) is 0. The average molecular weight is 381 g/mol. The van der Waals surface area contributed by atoms with E-state index in [9.17, 15) is 22.8 Å². The highest BCUT2D eigenvalue weighted by Crippen LogP contribution is 2.27. The summed E-state index contributed by atoms with van der Waals surface area (Å²) in [6.07, 6.45) is -4.81. The van der Waals surface area contributed by atoms with Crippen LogP contribution in [0.3, 0.4) is 0 Å². The van der Waals surface area contributed by atoms with Gasteiger partial charge in [0, 0.05) is 12.1 Å². The van der Waals surface area contributed by atoms with Crippen molar-refractivity contribution in [2.75, 3.05) is 5.32 Å². The van der Waals surface area contributed by atoms with E-state index in [0.29, 0.717) is 11.3 Å². The minimum Gasteiger partial charge on any atom is -0.481 e.